The lowest BCUT2D eigenvalue weighted by molar-refractivity contribution is 0.282. The zero-order valence-corrected chi connectivity index (χ0v) is 12.6. The summed E-state index contributed by atoms with van der Waals surface area (Å²) in [6.07, 6.45) is 4.39. The average Bonchev–Trinajstić information content (AvgIpc) is 2.53. The highest BCUT2D eigenvalue weighted by Gasteiger charge is 1.96. The van der Waals surface area contributed by atoms with Gasteiger partial charge in [0.2, 0.25) is 0 Å². The predicted octanol–water partition coefficient (Wildman–Crippen LogP) is 4.25. The van der Waals surface area contributed by atoms with Crippen molar-refractivity contribution in [1.82, 2.24) is 0 Å². The molecule has 0 aliphatic heterocycles. The maximum atomic E-state index is 9.08. The number of aliphatic hydroxyl groups is 1. The fourth-order valence-corrected chi connectivity index (χ4v) is 2.31. The van der Waals surface area contributed by atoms with Crippen LogP contribution in [0.25, 0.3) is 0 Å². The molecule has 0 radical (unpaired) electrons. The van der Waals surface area contributed by atoms with Gasteiger partial charge in [0.25, 0.3) is 0 Å². The Morgan fingerprint density at radius 3 is 2.48 bits per heavy atom. The van der Waals surface area contributed by atoms with Crippen LogP contribution >= 0.6 is 0 Å². The van der Waals surface area contributed by atoms with Gasteiger partial charge in [0.15, 0.2) is 0 Å². The van der Waals surface area contributed by atoms with E-state index in [0.717, 1.165) is 36.0 Å². The largest absolute Gasteiger partial charge is 0.392 e. The van der Waals surface area contributed by atoms with Crippen molar-refractivity contribution in [2.24, 2.45) is 0 Å². The second-order valence-electron chi connectivity index (χ2n) is 5.30. The first-order valence-electron chi connectivity index (χ1n) is 7.53. The van der Waals surface area contributed by atoms with E-state index < -0.39 is 0 Å². The van der Waals surface area contributed by atoms with Crippen LogP contribution in [-0.2, 0) is 13.0 Å². The molecule has 108 valence electrons. The summed E-state index contributed by atoms with van der Waals surface area (Å²) in [6, 6.07) is 16.5. The lowest BCUT2D eigenvalue weighted by atomic mass is 10.0. The highest BCUT2D eigenvalue weighted by atomic mass is 16.3. The molecule has 0 atom stereocenters. The highest BCUT2D eigenvalue weighted by molar-refractivity contribution is 5.42. The molecule has 0 fully saturated rings. The zero-order chi connectivity index (χ0) is 14.9. The average molecular weight is 278 g/mol. The fourth-order valence-electron chi connectivity index (χ4n) is 2.31. The van der Waals surface area contributed by atoms with Crippen LogP contribution in [0.4, 0.5) is 0 Å². The van der Waals surface area contributed by atoms with E-state index in [0.29, 0.717) is 0 Å². The second kappa shape index (κ2) is 8.29. The first-order chi connectivity index (χ1) is 10.3. The Kier molecular flexibility index (Phi) is 6.06. The van der Waals surface area contributed by atoms with Crippen LogP contribution in [0.15, 0.2) is 48.5 Å². The van der Waals surface area contributed by atoms with E-state index in [9.17, 15) is 0 Å². The summed E-state index contributed by atoms with van der Waals surface area (Å²) in [5.41, 5.74) is 4.55. The molecule has 2 aromatic rings. The minimum absolute atomic E-state index is 0.0913. The summed E-state index contributed by atoms with van der Waals surface area (Å²) in [5, 5.41) is 9.08. The molecule has 21 heavy (non-hydrogen) atoms. The highest BCUT2D eigenvalue weighted by Crippen LogP contribution is 2.10. The van der Waals surface area contributed by atoms with Crippen molar-refractivity contribution in [1.29, 1.82) is 0 Å². The maximum absolute atomic E-state index is 9.08. The van der Waals surface area contributed by atoms with Gasteiger partial charge in [0.1, 0.15) is 0 Å². The topological polar surface area (TPSA) is 20.2 Å². The monoisotopic (exact) mass is 278 g/mol. The standard InChI is InChI=1S/C20H22O/c1-17-15-19(16-21)13-14-20(17)12-8-3-2-5-9-18-10-6-4-7-11-18/h4,6-7,10-11,13-15,21H,2-3,5,9,16H2,1H3. The number of hydrogen-bond acceptors (Lipinski definition) is 1. The maximum Gasteiger partial charge on any atom is 0.0681 e. The predicted molar refractivity (Wildman–Crippen MR) is 88.0 cm³/mol. The van der Waals surface area contributed by atoms with Gasteiger partial charge in [-0.15, -0.1) is 0 Å². The van der Waals surface area contributed by atoms with E-state index in [2.05, 4.69) is 42.2 Å². The van der Waals surface area contributed by atoms with Crippen molar-refractivity contribution >= 4 is 0 Å². The van der Waals surface area contributed by atoms with Crippen LogP contribution in [0.1, 0.15) is 41.5 Å². The molecule has 0 aliphatic rings. The Bertz CT molecular complexity index is 617. The Morgan fingerprint density at radius 1 is 0.952 bits per heavy atom. The normalized spacial score (nSPS) is 10.0. The third-order valence-electron chi connectivity index (χ3n) is 3.56. The van der Waals surface area contributed by atoms with Crippen molar-refractivity contribution in [2.75, 3.05) is 0 Å². The van der Waals surface area contributed by atoms with Crippen LogP contribution < -0.4 is 0 Å². The SMILES string of the molecule is Cc1cc(CO)ccc1C#CCCCCc1ccccc1. The minimum Gasteiger partial charge on any atom is -0.392 e. The van der Waals surface area contributed by atoms with Gasteiger partial charge in [-0.3, -0.25) is 0 Å². The van der Waals surface area contributed by atoms with Crippen molar-refractivity contribution in [3.05, 3.63) is 70.8 Å². The molecule has 0 spiro atoms. The quantitative estimate of drug-likeness (QED) is 0.640. The van der Waals surface area contributed by atoms with Gasteiger partial charge in [-0.1, -0.05) is 54.3 Å². The summed E-state index contributed by atoms with van der Waals surface area (Å²) in [7, 11) is 0. The molecule has 0 aliphatic carbocycles. The Labute approximate surface area is 127 Å². The number of rotatable bonds is 5. The lowest BCUT2D eigenvalue weighted by Gasteiger charge is -2.01. The van der Waals surface area contributed by atoms with Crippen molar-refractivity contribution < 1.29 is 5.11 Å². The van der Waals surface area contributed by atoms with Gasteiger partial charge in [-0.25, -0.2) is 0 Å². The molecule has 0 unspecified atom stereocenters. The molecular weight excluding hydrogens is 256 g/mol. The third kappa shape index (κ3) is 5.10. The van der Waals surface area contributed by atoms with Crippen LogP contribution in [-0.4, -0.2) is 5.11 Å². The molecule has 0 saturated heterocycles. The van der Waals surface area contributed by atoms with E-state index in [1.54, 1.807) is 0 Å². The molecule has 1 N–H and O–H groups in total. The van der Waals surface area contributed by atoms with Crippen LogP contribution in [0.5, 0.6) is 0 Å². The summed E-state index contributed by atoms with van der Waals surface area (Å²) >= 11 is 0. The number of unbranched alkanes of at least 4 members (excludes halogenated alkanes) is 2. The Hall–Kier alpha value is -2.04. The smallest absolute Gasteiger partial charge is 0.0681 e. The first kappa shape index (κ1) is 15.4. The van der Waals surface area contributed by atoms with Crippen molar-refractivity contribution in [3.63, 3.8) is 0 Å². The van der Waals surface area contributed by atoms with Gasteiger partial charge >= 0.3 is 0 Å². The number of hydrogen-bond donors (Lipinski definition) is 1. The van der Waals surface area contributed by atoms with Crippen molar-refractivity contribution in [3.8, 4) is 11.8 Å². The van der Waals surface area contributed by atoms with E-state index in [-0.39, 0.29) is 6.61 Å². The Balaban J connectivity index is 1.76. The third-order valence-corrected chi connectivity index (χ3v) is 3.56. The molecule has 2 aromatic carbocycles. The molecule has 0 amide bonds. The zero-order valence-electron chi connectivity index (χ0n) is 12.6. The Morgan fingerprint density at radius 2 is 1.76 bits per heavy atom. The van der Waals surface area contributed by atoms with E-state index in [1.165, 1.54) is 12.0 Å². The minimum atomic E-state index is 0.0913. The van der Waals surface area contributed by atoms with Gasteiger partial charge in [0.05, 0.1) is 6.61 Å². The summed E-state index contributed by atoms with van der Waals surface area (Å²) in [5.74, 6) is 6.49. The summed E-state index contributed by atoms with van der Waals surface area (Å²) < 4.78 is 0. The fraction of sp³-hybridized carbons (Fsp3) is 0.300. The molecule has 1 heteroatoms. The molecular formula is C20H22O. The van der Waals surface area contributed by atoms with E-state index in [4.69, 9.17) is 5.11 Å². The molecule has 0 bridgehead atoms. The first-order valence-corrected chi connectivity index (χ1v) is 7.53. The summed E-state index contributed by atoms with van der Waals surface area (Å²) in [6.45, 7) is 2.13. The molecule has 0 heterocycles. The van der Waals surface area contributed by atoms with Crippen LogP contribution in [0, 0.1) is 18.8 Å². The molecule has 2 rings (SSSR count). The molecule has 0 saturated carbocycles. The van der Waals surface area contributed by atoms with Gasteiger partial charge in [-0.2, -0.15) is 0 Å². The van der Waals surface area contributed by atoms with E-state index in [1.807, 2.05) is 25.1 Å². The van der Waals surface area contributed by atoms with Gasteiger partial charge in [-0.05, 0) is 48.9 Å². The number of benzene rings is 2. The molecule has 1 nitrogen and oxygen atoms in total. The van der Waals surface area contributed by atoms with Crippen LogP contribution in [0.2, 0.25) is 0 Å². The lowest BCUT2D eigenvalue weighted by Crippen LogP contribution is -1.88. The van der Waals surface area contributed by atoms with Crippen LogP contribution in [0.3, 0.4) is 0 Å². The molecule has 0 aromatic heterocycles. The van der Waals surface area contributed by atoms with E-state index >= 15 is 0 Å². The van der Waals surface area contributed by atoms with Crippen molar-refractivity contribution in [2.45, 2.75) is 39.2 Å². The number of aryl methyl sites for hydroxylation is 2. The second-order valence-corrected chi connectivity index (χ2v) is 5.30. The summed E-state index contributed by atoms with van der Waals surface area (Å²) in [4.78, 5) is 0. The van der Waals surface area contributed by atoms with Gasteiger partial charge in [0, 0.05) is 12.0 Å². The van der Waals surface area contributed by atoms with Gasteiger partial charge < -0.3 is 5.11 Å². The number of aliphatic hydroxyl groups excluding tert-OH is 1.